The molecule has 1 fully saturated rings. The van der Waals surface area contributed by atoms with E-state index in [1.807, 2.05) is 7.05 Å². The van der Waals surface area contributed by atoms with E-state index in [4.69, 9.17) is 4.74 Å². The van der Waals surface area contributed by atoms with Gasteiger partial charge in [-0.05, 0) is 32.7 Å². The van der Waals surface area contributed by atoms with Crippen molar-refractivity contribution < 1.29 is 4.74 Å². The van der Waals surface area contributed by atoms with Crippen molar-refractivity contribution in [2.75, 3.05) is 26.7 Å². The van der Waals surface area contributed by atoms with E-state index in [-0.39, 0.29) is 0 Å². The number of rotatable bonds is 5. The first kappa shape index (κ1) is 14.9. The molecule has 0 aliphatic carbocycles. The van der Waals surface area contributed by atoms with Gasteiger partial charge in [-0.15, -0.1) is 0 Å². The smallest absolute Gasteiger partial charge is 0.0674 e. The molecule has 1 rings (SSSR count). The maximum Gasteiger partial charge on any atom is 0.0674 e. The minimum Gasteiger partial charge on any atom is -0.376 e. The lowest BCUT2D eigenvalue weighted by molar-refractivity contribution is -0.0687. The van der Waals surface area contributed by atoms with Gasteiger partial charge < -0.3 is 10.1 Å². The topological polar surface area (TPSA) is 24.5 Å². The first-order chi connectivity index (χ1) is 7.90. The summed E-state index contributed by atoms with van der Waals surface area (Å²) in [5.41, 5.74) is 0.291. The summed E-state index contributed by atoms with van der Waals surface area (Å²) in [6, 6.07) is 1.12. The van der Waals surface area contributed by atoms with Gasteiger partial charge >= 0.3 is 0 Å². The van der Waals surface area contributed by atoms with Gasteiger partial charge in [0, 0.05) is 25.2 Å². The van der Waals surface area contributed by atoms with Gasteiger partial charge in [-0.3, -0.25) is 4.90 Å². The van der Waals surface area contributed by atoms with Crippen molar-refractivity contribution in [3.05, 3.63) is 0 Å². The lowest BCUT2D eigenvalue weighted by Gasteiger charge is -2.44. The second-order valence-electron chi connectivity index (χ2n) is 6.13. The van der Waals surface area contributed by atoms with Crippen LogP contribution in [0.4, 0.5) is 0 Å². The van der Waals surface area contributed by atoms with Crippen molar-refractivity contribution in [1.82, 2.24) is 10.2 Å². The molecule has 3 heteroatoms. The lowest BCUT2D eigenvalue weighted by atomic mass is 9.84. The third-order valence-corrected chi connectivity index (χ3v) is 4.27. The molecule has 1 aliphatic heterocycles. The average Bonchev–Trinajstić information content (AvgIpc) is 2.27. The van der Waals surface area contributed by atoms with Crippen LogP contribution < -0.4 is 5.32 Å². The highest BCUT2D eigenvalue weighted by Crippen LogP contribution is 2.25. The summed E-state index contributed by atoms with van der Waals surface area (Å²) >= 11 is 0. The molecule has 0 radical (unpaired) electrons. The molecular weight excluding hydrogens is 212 g/mol. The van der Waals surface area contributed by atoms with Crippen LogP contribution in [0, 0.1) is 5.41 Å². The van der Waals surface area contributed by atoms with Crippen LogP contribution in [0.15, 0.2) is 0 Å². The minimum absolute atomic E-state index is 0.291. The third-order valence-electron chi connectivity index (χ3n) is 4.27. The molecule has 1 N–H and O–H groups in total. The first-order valence-corrected chi connectivity index (χ1v) is 6.93. The van der Waals surface area contributed by atoms with E-state index < -0.39 is 0 Å². The highest BCUT2D eigenvalue weighted by Gasteiger charge is 2.33. The molecule has 1 aliphatic rings. The zero-order chi connectivity index (χ0) is 13.1. The van der Waals surface area contributed by atoms with Crippen LogP contribution in [0.3, 0.4) is 0 Å². The number of hydrogen-bond donors (Lipinski definition) is 1. The maximum absolute atomic E-state index is 5.76. The molecule has 0 aromatic heterocycles. The number of ether oxygens (including phenoxy) is 1. The number of hydrogen-bond acceptors (Lipinski definition) is 3. The van der Waals surface area contributed by atoms with Crippen LogP contribution in [0.5, 0.6) is 0 Å². The Hall–Kier alpha value is -0.120. The van der Waals surface area contributed by atoms with Crippen LogP contribution in [0.25, 0.3) is 0 Å². The summed E-state index contributed by atoms with van der Waals surface area (Å²) in [7, 11) is 2.05. The molecule has 0 saturated carbocycles. The van der Waals surface area contributed by atoms with Crippen LogP contribution >= 0.6 is 0 Å². The summed E-state index contributed by atoms with van der Waals surface area (Å²) in [4.78, 5) is 2.61. The Morgan fingerprint density at radius 3 is 2.65 bits per heavy atom. The van der Waals surface area contributed by atoms with Crippen molar-refractivity contribution in [2.24, 2.45) is 5.41 Å². The van der Waals surface area contributed by atoms with Gasteiger partial charge in [0.25, 0.3) is 0 Å². The molecule has 0 bridgehead atoms. The Morgan fingerprint density at radius 1 is 1.47 bits per heavy atom. The predicted octanol–water partition coefficient (Wildman–Crippen LogP) is 2.12. The predicted molar refractivity (Wildman–Crippen MR) is 73.4 cm³/mol. The number of morpholine rings is 1. The van der Waals surface area contributed by atoms with E-state index in [0.29, 0.717) is 23.6 Å². The van der Waals surface area contributed by atoms with Gasteiger partial charge in [0.2, 0.25) is 0 Å². The van der Waals surface area contributed by atoms with Gasteiger partial charge in [0.15, 0.2) is 0 Å². The maximum atomic E-state index is 5.76. The summed E-state index contributed by atoms with van der Waals surface area (Å²) in [6.45, 7) is 14.5. The fourth-order valence-electron chi connectivity index (χ4n) is 2.53. The van der Waals surface area contributed by atoms with E-state index in [9.17, 15) is 0 Å². The normalized spacial score (nSPS) is 29.3. The minimum atomic E-state index is 0.291. The van der Waals surface area contributed by atoms with Crippen molar-refractivity contribution in [3.8, 4) is 0 Å². The molecule has 102 valence electrons. The molecule has 0 amide bonds. The van der Waals surface area contributed by atoms with Crippen molar-refractivity contribution >= 4 is 0 Å². The van der Waals surface area contributed by atoms with Crippen LogP contribution in [0.1, 0.15) is 41.0 Å². The Kier molecular flexibility index (Phi) is 5.42. The van der Waals surface area contributed by atoms with E-state index in [0.717, 1.165) is 19.7 Å². The van der Waals surface area contributed by atoms with Crippen LogP contribution in [-0.2, 0) is 4.74 Å². The third kappa shape index (κ3) is 3.94. The van der Waals surface area contributed by atoms with E-state index in [1.54, 1.807) is 0 Å². The SMILES string of the molecule is CCC1COC(C)CN1CC(C)(C)C(C)NC. The van der Waals surface area contributed by atoms with Gasteiger partial charge in [-0.1, -0.05) is 20.8 Å². The largest absolute Gasteiger partial charge is 0.376 e. The Labute approximate surface area is 107 Å². The van der Waals surface area contributed by atoms with E-state index in [2.05, 4.69) is 44.8 Å². The number of nitrogens with one attached hydrogen (secondary N) is 1. The van der Waals surface area contributed by atoms with Gasteiger partial charge in [-0.25, -0.2) is 0 Å². The van der Waals surface area contributed by atoms with Crippen molar-refractivity contribution in [3.63, 3.8) is 0 Å². The summed E-state index contributed by atoms with van der Waals surface area (Å²) in [6.07, 6.45) is 1.55. The molecule has 0 aromatic carbocycles. The Morgan fingerprint density at radius 2 is 2.12 bits per heavy atom. The van der Waals surface area contributed by atoms with Crippen molar-refractivity contribution in [2.45, 2.75) is 59.2 Å². The molecule has 1 heterocycles. The Balaban J connectivity index is 2.63. The first-order valence-electron chi connectivity index (χ1n) is 6.93. The fraction of sp³-hybridized carbons (Fsp3) is 1.00. The molecule has 0 aromatic rings. The van der Waals surface area contributed by atoms with Crippen molar-refractivity contribution in [1.29, 1.82) is 0 Å². The molecule has 3 nitrogen and oxygen atoms in total. The van der Waals surface area contributed by atoms with Crippen LogP contribution in [-0.4, -0.2) is 49.8 Å². The van der Waals surface area contributed by atoms with E-state index in [1.165, 1.54) is 6.42 Å². The highest BCUT2D eigenvalue weighted by atomic mass is 16.5. The standard InChI is InChI=1S/C14H30N2O/c1-7-13-9-17-11(2)8-16(13)10-14(4,5)12(3)15-6/h11-13,15H,7-10H2,1-6H3. The zero-order valence-electron chi connectivity index (χ0n) is 12.4. The summed E-state index contributed by atoms with van der Waals surface area (Å²) < 4.78 is 5.76. The number of nitrogens with zero attached hydrogens (tertiary/aromatic N) is 1. The summed E-state index contributed by atoms with van der Waals surface area (Å²) in [5, 5.41) is 3.38. The molecule has 1 saturated heterocycles. The van der Waals surface area contributed by atoms with Gasteiger partial charge in [0.1, 0.15) is 0 Å². The van der Waals surface area contributed by atoms with E-state index >= 15 is 0 Å². The molecule has 3 unspecified atom stereocenters. The van der Waals surface area contributed by atoms with Gasteiger partial charge in [-0.2, -0.15) is 0 Å². The van der Waals surface area contributed by atoms with Crippen LogP contribution in [0.2, 0.25) is 0 Å². The quantitative estimate of drug-likeness (QED) is 0.799. The molecular formula is C14H30N2O. The fourth-order valence-corrected chi connectivity index (χ4v) is 2.53. The lowest BCUT2D eigenvalue weighted by Crippen LogP contribution is -2.54. The molecule has 0 spiro atoms. The zero-order valence-corrected chi connectivity index (χ0v) is 12.4. The molecule has 17 heavy (non-hydrogen) atoms. The van der Waals surface area contributed by atoms with Gasteiger partial charge in [0.05, 0.1) is 12.7 Å². The second kappa shape index (κ2) is 6.17. The summed E-state index contributed by atoms with van der Waals surface area (Å²) in [5.74, 6) is 0. The Bertz CT molecular complexity index is 230. The monoisotopic (exact) mass is 242 g/mol. The second-order valence-corrected chi connectivity index (χ2v) is 6.13. The highest BCUT2D eigenvalue weighted by molar-refractivity contribution is 4.87. The molecule has 3 atom stereocenters. The average molecular weight is 242 g/mol.